The van der Waals surface area contributed by atoms with Gasteiger partial charge in [-0.15, -0.1) is 12.4 Å². The molecule has 4 heteroatoms. The van der Waals surface area contributed by atoms with E-state index >= 15 is 0 Å². The van der Waals surface area contributed by atoms with Gasteiger partial charge in [0.05, 0.1) is 0 Å². The van der Waals surface area contributed by atoms with Gasteiger partial charge in [0.15, 0.2) is 0 Å². The zero-order valence-corrected chi connectivity index (χ0v) is 17.2. The normalized spacial score (nSPS) is 10.6. The summed E-state index contributed by atoms with van der Waals surface area (Å²) < 4.78 is 19.9. The number of nitrogens with one attached hydrogen (secondary N) is 1. The molecule has 0 aromatic heterocycles. The molecule has 0 atom stereocenters. The highest BCUT2D eigenvalue weighted by atomic mass is 35.5. The summed E-state index contributed by atoms with van der Waals surface area (Å²) in [4.78, 5) is 0. The number of unbranched alkanes of at least 4 members (excludes halogenated alkanes) is 3. The Morgan fingerprint density at radius 2 is 1.68 bits per heavy atom. The van der Waals surface area contributed by atoms with Gasteiger partial charge in [0, 0.05) is 17.7 Å². The average Bonchev–Trinajstić information content (AvgIpc) is 2.70. The fourth-order valence-corrected chi connectivity index (χ4v) is 3.29. The first-order valence-corrected chi connectivity index (χ1v) is 9.87. The molecular weight excluding hydrogens is 373 g/mol. The third kappa shape index (κ3) is 5.95. The standard InChI is InChI=1S/C24H28FNO.ClH/c1-2-3-4-9-16-26-17-22-21-12-7-5-10-19(21)14-15-24(22)27-18-20-11-6-8-13-23(20)25;/h5-8,10-15,26H,2-4,9,16-18H2,1H3;1H. The average molecular weight is 402 g/mol. The van der Waals surface area contributed by atoms with E-state index in [1.807, 2.05) is 24.3 Å². The summed E-state index contributed by atoms with van der Waals surface area (Å²) in [7, 11) is 0. The van der Waals surface area contributed by atoms with Crippen LogP contribution in [0.15, 0.2) is 60.7 Å². The first kappa shape index (κ1) is 22.2. The third-order valence-electron chi connectivity index (χ3n) is 4.85. The predicted octanol–water partition coefficient (Wildman–Crippen LogP) is 6.65. The van der Waals surface area contributed by atoms with Crippen LogP contribution < -0.4 is 10.1 Å². The van der Waals surface area contributed by atoms with E-state index in [1.165, 1.54) is 42.5 Å². The Kier molecular flexibility index (Phi) is 9.26. The Labute approximate surface area is 173 Å². The fraction of sp³-hybridized carbons (Fsp3) is 0.333. The Morgan fingerprint density at radius 1 is 0.893 bits per heavy atom. The van der Waals surface area contributed by atoms with Crippen molar-refractivity contribution >= 4 is 23.2 Å². The molecule has 0 aliphatic heterocycles. The summed E-state index contributed by atoms with van der Waals surface area (Å²) in [5.41, 5.74) is 1.71. The second-order valence-electron chi connectivity index (χ2n) is 6.88. The molecule has 3 aromatic rings. The monoisotopic (exact) mass is 401 g/mol. The molecule has 0 fully saturated rings. The van der Waals surface area contributed by atoms with Gasteiger partial charge >= 0.3 is 0 Å². The summed E-state index contributed by atoms with van der Waals surface area (Å²) in [6.45, 7) is 4.20. The second kappa shape index (κ2) is 11.7. The van der Waals surface area contributed by atoms with Crippen molar-refractivity contribution in [2.24, 2.45) is 0 Å². The minimum atomic E-state index is -0.228. The largest absolute Gasteiger partial charge is 0.488 e. The maximum absolute atomic E-state index is 13.9. The first-order valence-electron chi connectivity index (χ1n) is 9.87. The smallest absolute Gasteiger partial charge is 0.129 e. The van der Waals surface area contributed by atoms with Crippen molar-refractivity contribution in [1.82, 2.24) is 5.32 Å². The molecule has 0 unspecified atom stereocenters. The minimum Gasteiger partial charge on any atom is -0.488 e. The van der Waals surface area contributed by atoms with Crippen LogP contribution in [0.1, 0.15) is 43.7 Å². The zero-order chi connectivity index (χ0) is 18.9. The number of fused-ring (bicyclic) bond motifs is 1. The van der Waals surface area contributed by atoms with Gasteiger partial charge in [-0.2, -0.15) is 0 Å². The van der Waals surface area contributed by atoms with Gasteiger partial charge < -0.3 is 10.1 Å². The lowest BCUT2D eigenvalue weighted by Gasteiger charge is -2.15. The molecule has 0 aliphatic carbocycles. The molecular formula is C24H29ClFNO. The van der Waals surface area contributed by atoms with E-state index in [9.17, 15) is 4.39 Å². The number of benzene rings is 3. The van der Waals surface area contributed by atoms with Gasteiger partial charge in [-0.25, -0.2) is 4.39 Å². The summed E-state index contributed by atoms with van der Waals surface area (Å²) in [6, 6.07) is 19.2. The van der Waals surface area contributed by atoms with E-state index in [-0.39, 0.29) is 24.8 Å². The summed E-state index contributed by atoms with van der Waals surface area (Å²) in [5.74, 6) is 0.590. The summed E-state index contributed by atoms with van der Waals surface area (Å²) >= 11 is 0. The van der Waals surface area contributed by atoms with Crippen LogP contribution in [0.4, 0.5) is 4.39 Å². The first-order chi connectivity index (χ1) is 13.3. The minimum absolute atomic E-state index is 0. The topological polar surface area (TPSA) is 21.3 Å². The van der Waals surface area contributed by atoms with Crippen LogP contribution in [0.5, 0.6) is 5.75 Å². The molecule has 3 rings (SSSR count). The Balaban J connectivity index is 0.00000280. The van der Waals surface area contributed by atoms with Gasteiger partial charge in [0.2, 0.25) is 0 Å². The van der Waals surface area contributed by atoms with E-state index in [0.29, 0.717) is 5.56 Å². The maximum Gasteiger partial charge on any atom is 0.129 e. The SMILES string of the molecule is CCCCCCNCc1c(OCc2ccccc2F)ccc2ccccc12.Cl. The van der Waals surface area contributed by atoms with Crippen molar-refractivity contribution in [2.45, 2.75) is 45.8 Å². The summed E-state index contributed by atoms with van der Waals surface area (Å²) in [5, 5.41) is 5.93. The number of hydrogen-bond donors (Lipinski definition) is 1. The number of rotatable bonds is 10. The van der Waals surface area contributed by atoms with Crippen molar-refractivity contribution in [3.63, 3.8) is 0 Å². The molecule has 0 heterocycles. The molecule has 0 aliphatic rings. The second-order valence-corrected chi connectivity index (χ2v) is 6.88. The third-order valence-corrected chi connectivity index (χ3v) is 4.85. The highest BCUT2D eigenvalue weighted by Gasteiger charge is 2.10. The van der Waals surface area contributed by atoms with Gasteiger partial charge in [-0.1, -0.05) is 74.7 Å². The molecule has 0 amide bonds. The molecule has 28 heavy (non-hydrogen) atoms. The van der Waals surface area contributed by atoms with Crippen LogP contribution in [0.2, 0.25) is 0 Å². The van der Waals surface area contributed by atoms with E-state index in [1.54, 1.807) is 12.1 Å². The molecule has 2 nitrogen and oxygen atoms in total. The number of halogens is 2. The van der Waals surface area contributed by atoms with Crippen LogP contribution in [-0.2, 0) is 13.2 Å². The molecule has 0 spiro atoms. The van der Waals surface area contributed by atoms with Crippen LogP contribution in [0, 0.1) is 5.82 Å². The Bertz CT molecular complexity index is 868. The lowest BCUT2D eigenvalue weighted by atomic mass is 10.0. The molecule has 150 valence electrons. The lowest BCUT2D eigenvalue weighted by Crippen LogP contribution is -2.16. The highest BCUT2D eigenvalue weighted by molar-refractivity contribution is 5.87. The van der Waals surface area contributed by atoms with E-state index in [0.717, 1.165) is 24.4 Å². The molecule has 0 radical (unpaired) electrons. The van der Waals surface area contributed by atoms with Crippen molar-refractivity contribution in [3.05, 3.63) is 77.6 Å². The lowest BCUT2D eigenvalue weighted by molar-refractivity contribution is 0.296. The molecule has 1 N–H and O–H groups in total. The number of ether oxygens (including phenoxy) is 1. The highest BCUT2D eigenvalue weighted by Crippen LogP contribution is 2.29. The Morgan fingerprint density at radius 3 is 2.50 bits per heavy atom. The predicted molar refractivity (Wildman–Crippen MR) is 118 cm³/mol. The number of hydrogen-bond acceptors (Lipinski definition) is 2. The molecule has 0 bridgehead atoms. The van der Waals surface area contributed by atoms with Crippen LogP contribution in [0.25, 0.3) is 10.8 Å². The van der Waals surface area contributed by atoms with Crippen LogP contribution in [-0.4, -0.2) is 6.54 Å². The van der Waals surface area contributed by atoms with Crippen molar-refractivity contribution in [2.75, 3.05) is 6.54 Å². The van der Waals surface area contributed by atoms with Crippen molar-refractivity contribution < 1.29 is 9.13 Å². The zero-order valence-electron chi connectivity index (χ0n) is 16.4. The maximum atomic E-state index is 13.9. The van der Waals surface area contributed by atoms with Gasteiger partial charge in [-0.05, 0) is 35.9 Å². The van der Waals surface area contributed by atoms with Crippen molar-refractivity contribution in [3.8, 4) is 5.75 Å². The summed E-state index contributed by atoms with van der Waals surface area (Å²) in [6.07, 6.45) is 4.98. The van der Waals surface area contributed by atoms with Gasteiger partial charge in [-0.3, -0.25) is 0 Å². The van der Waals surface area contributed by atoms with Crippen LogP contribution in [0.3, 0.4) is 0 Å². The molecule has 0 saturated heterocycles. The fourth-order valence-electron chi connectivity index (χ4n) is 3.29. The van der Waals surface area contributed by atoms with E-state index in [4.69, 9.17) is 4.74 Å². The van der Waals surface area contributed by atoms with Gasteiger partial charge in [0.1, 0.15) is 18.2 Å². The van der Waals surface area contributed by atoms with Crippen LogP contribution >= 0.6 is 12.4 Å². The van der Waals surface area contributed by atoms with Gasteiger partial charge in [0.25, 0.3) is 0 Å². The van der Waals surface area contributed by atoms with Crippen molar-refractivity contribution in [1.29, 1.82) is 0 Å². The van der Waals surface area contributed by atoms with E-state index in [2.05, 4.69) is 30.4 Å². The Hall–Kier alpha value is -2.10. The molecule has 0 saturated carbocycles. The molecule has 3 aromatic carbocycles. The quantitative estimate of drug-likeness (QED) is 0.384. The van der Waals surface area contributed by atoms with E-state index < -0.39 is 0 Å².